The predicted molar refractivity (Wildman–Crippen MR) is 93.3 cm³/mol. The summed E-state index contributed by atoms with van der Waals surface area (Å²) < 4.78 is 7.07. The molecule has 0 radical (unpaired) electrons. The molecule has 0 atom stereocenters. The van der Waals surface area contributed by atoms with E-state index in [4.69, 9.17) is 15.5 Å². The average Bonchev–Trinajstić information content (AvgIpc) is 2.93. The molecular weight excluding hydrogens is 304 g/mol. The van der Waals surface area contributed by atoms with Crippen LogP contribution < -0.4 is 10.6 Å². The second-order valence-corrected chi connectivity index (χ2v) is 6.46. The van der Waals surface area contributed by atoms with E-state index >= 15 is 0 Å². The molecule has 0 aliphatic carbocycles. The first-order chi connectivity index (χ1) is 11.6. The van der Waals surface area contributed by atoms with Gasteiger partial charge in [0, 0.05) is 32.0 Å². The molecule has 3 heterocycles. The summed E-state index contributed by atoms with van der Waals surface area (Å²) in [5, 5.41) is 4.51. The third-order valence-corrected chi connectivity index (χ3v) is 4.52. The van der Waals surface area contributed by atoms with E-state index < -0.39 is 0 Å². The van der Waals surface area contributed by atoms with Crippen molar-refractivity contribution in [1.29, 1.82) is 0 Å². The van der Waals surface area contributed by atoms with Gasteiger partial charge in [0.1, 0.15) is 5.82 Å². The summed E-state index contributed by atoms with van der Waals surface area (Å²) in [5.41, 5.74) is 8.64. The van der Waals surface area contributed by atoms with E-state index in [2.05, 4.69) is 15.0 Å². The maximum absolute atomic E-state index is 5.80. The Morgan fingerprint density at radius 2 is 1.96 bits per heavy atom. The largest absolute Gasteiger partial charge is 0.378 e. The molecule has 2 N–H and O–H groups in total. The first-order valence-corrected chi connectivity index (χ1v) is 8.46. The third kappa shape index (κ3) is 3.57. The van der Waals surface area contributed by atoms with E-state index in [1.54, 1.807) is 11.8 Å². The van der Waals surface area contributed by atoms with Gasteiger partial charge in [-0.3, -0.25) is 0 Å². The minimum Gasteiger partial charge on any atom is -0.378 e. The molecule has 2 aromatic heterocycles. The number of piperidine rings is 1. The van der Waals surface area contributed by atoms with E-state index in [0.717, 1.165) is 55.4 Å². The van der Waals surface area contributed by atoms with Crippen LogP contribution in [0.2, 0.25) is 0 Å². The van der Waals surface area contributed by atoms with E-state index in [0.29, 0.717) is 18.5 Å². The zero-order valence-corrected chi connectivity index (χ0v) is 14.7. The van der Waals surface area contributed by atoms with Crippen molar-refractivity contribution < 1.29 is 4.74 Å². The van der Waals surface area contributed by atoms with Gasteiger partial charge in [-0.2, -0.15) is 10.1 Å². The van der Waals surface area contributed by atoms with Gasteiger partial charge in [0.2, 0.25) is 0 Å². The van der Waals surface area contributed by atoms with Crippen LogP contribution in [-0.2, 0) is 11.3 Å². The van der Waals surface area contributed by atoms with Crippen LogP contribution in [0.15, 0.2) is 12.1 Å². The molecule has 1 aliphatic heterocycles. The highest BCUT2D eigenvalue weighted by Crippen LogP contribution is 2.23. The monoisotopic (exact) mass is 330 g/mol. The first kappa shape index (κ1) is 16.9. The molecule has 0 aromatic carbocycles. The van der Waals surface area contributed by atoms with Crippen molar-refractivity contribution in [3.05, 3.63) is 29.2 Å². The Hall–Kier alpha value is -1.99. The Morgan fingerprint density at radius 1 is 1.21 bits per heavy atom. The van der Waals surface area contributed by atoms with Crippen LogP contribution in [-0.4, -0.2) is 46.5 Å². The minimum atomic E-state index is 0.459. The fourth-order valence-electron chi connectivity index (χ4n) is 3.18. The molecule has 1 saturated heterocycles. The number of aryl methyl sites for hydroxylation is 2. The summed E-state index contributed by atoms with van der Waals surface area (Å²) >= 11 is 0. The maximum atomic E-state index is 5.80. The average molecular weight is 330 g/mol. The van der Waals surface area contributed by atoms with Crippen LogP contribution in [0.5, 0.6) is 0 Å². The van der Waals surface area contributed by atoms with E-state index in [-0.39, 0.29) is 0 Å². The number of nitrogens with two attached hydrogens (primary N) is 1. The molecular formula is C17H26N6O. The minimum absolute atomic E-state index is 0.459. The number of methoxy groups -OCH3 is 1. The third-order valence-electron chi connectivity index (χ3n) is 4.52. The Balaban J connectivity index is 1.93. The van der Waals surface area contributed by atoms with Gasteiger partial charge in [-0.15, -0.1) is 0 Å². The van der Waals surface area contributed by atoms with Crippen molar-refractivity contribution in [3.8, 4) is 5.95 Å². The molecule has 1 aliphatic rings. The molecule has 24 heavy (non-hydrogen) atoms. The molecule has 3 rings (SSSR count). The molecule has 0 saturated carbocycles. The van der Waals surface area contributed by atoms with E-state index in [1.165, 1.54) is 0 Å². The van der Waals surface area contributed by atoms with Gasteiger partial charge in [0.25, 0.3) is 5.95 Å². The van der Waals surface area contributed by atoms with E-state index in [1.807, 2.05) is 26.0 Å². The lowest BCUT2D eigenvalue weighted by Crippen LogP contribution is -2.36. The topological polar surface area (TPSA) is 82.1 Å². The van der Waals surface area contributed by atoms with Crippen LogP contribution >= 0.6 is 0 Å². The summed E-state index contributed by atoms with van der Waals surface area (Å²) in [7, 11) is 1.68. The Bertz CT molecular complexity index is 690. The molecule has 130 valence electrons. The molecule has 0 unspecified atom stereocenters. The summed E-state index contributed by atoms with van der Waals surface area (Å²) in [6, 6.07) is 4.04. The maximum Gasteiger partial charge on any atom is 0.253 e. The number of ether oxygens (including phenoxy) is 1. The highest BCUT2D eigenvalue weighted by molar-refractivity contribution is 5.42. The normalized spacial score (nSPS) is 15.9. The number of nitrogens with zero attached hydrogens (tertiary/aromatic N) is 5. The zero-order valence-electron chi connectivity index (χ0n) is 14.7. The molecule has 0 bridgehead atoms. The molecule has 0 spiro atoms. The first-order valence-electron chi connectivity index (χ1n) is 8.46. The van der Waals surface area contributed by atoms with Crippen molar-refractivity contribution in [2.45, 2.75) is 33.3 Å². The predicted octanol–water partition coefficient (Wildman–Crippen LogP) is 1.60. The lowest BCUT2D eigenvalue weighted by molar-refractivity contribution is 0.181. The fraction of sp³-hybridized carbons (Fsp3) is 0.588. The van der Waals surface area contributed by atoms with Gasteiger partial charge in [-0.25, -0.2) is 9.67 Å². The Labute approximate surface area is 142 Å². The van der Waals surface area contributed by atoms with Crippen LogP contribution in [0, 0.1) is 19.8 Å². The number of hydrogen-bond donors (Lipinski definition) is 1. The SMILES string of the molecule is COCc1cc(N2CCC(CN)CC2)nc(-n2nc(C)cc2C)n1. The molecule has 1 fully saturated rings. The number of anilines is 1. The van der Waals surface area contributed by atoms with Crippen LogP contribution in [0.1, 0.15) is 29.9 Å². The fourth-order valence-corrected chi connectivity index (χ4v) is 3.18. The quantitative estimate of drug-likeness (QED) is 0.897. The Kier molecular flexibility index (Phi) is 5.11. The van der Waals surface area contributed by atoms with Gasteiger partial charge >= 0.3 is 0 Å². The summed E-state index contributed by atoms with van der Waals surface area (Å²) in [6.45, 7) is 7.16. The Morgan fingerprint density at radius 3 is 2.54 bits per heavy atom. The second kappa shape index (κ2) is 7.27. The van der Waals surface area contributed by atoms with Gasteiger partial charge in [-0.05, 0) is 45.2 Å². The standard InChI is InChI=1S/C17H26N6O/c1-12-8-13(2)23(21-12)17-19-15(11-24-3)9-16(20-17)22-6-4-14(10-18)5-7-22/h8-9,14H,4-7,10-11,18H2,1-3H3. The molecule has 7 heteroatoms. The van der Waals surface area contributed by atoms with E-state index in [9.17, 15) is 0 Å². The van der Waals surface area contributed by atoms with Crippen molar-refractivity contribution in [1.82, 2.24) is 19.7 Å². The lowest BCUT2D eigenvalue weighted by atomic mass is 9.97. The van der Waals surface area contributed by atoms with Crippen LogP contribution in [0.25, 0.3) is 5.95 Å². The molecule has 2 aromatic rings. The number of rotatable bonds is 5. The van der Waals surface area contributed by atoms with Crippen LogP contribution in [0.3, 0.4) is 0 Å². The van der Waals surface area contributed by atoms with Gasteiger partial charge in [0.15, 0.2) is 0 Å². The number of aromatic nitrogens is 4. The van der Waals surface area contributed by atoms with Gasteiger partial charge in [0.05, 0.1) is 18.0 Å². The lowest BCUT2D eigenvalue weighted by Gasteiger charge is -2.32. The van der Waals surface area contributed by atoms with Crippen LogP contribution in [0.4, 0.5) is 5.82 Å². The summed E-state index contributed by atoms with van der Waals surface area (Å²) in [5.74, 6) is 2.16. The van der Waals surface area contributed by atoms with Gasteiger partial charge < -0.3 is 15.4 Å². The molecule has 7 nitrogen and oxygen atoms in total. The number of hydrogen-bond acceptors (Lipinski definition) is 6. The zero-order chi connectivity index (χ0) is 17.1. The highest BCUT2D eigenvalue weighted by Gasteiger charge is 2.21. The van der Waals surface area contributed by atoms with Gasteiger partial charge in [-0.1, -0.05) is 0 Å². The highest BCUT2D eigenvalue weighted by atomic mass is 16.5. The summed E-state index contributed by atoms with van der Waals surface area (Å²) in [6.07, 6.45) is 2.21. The smallest absolute Gasteiger partial charge is 0.253 e. The van der Waals surface area contributed by atoms with Crippen molar-refractivity contribution in [3.63, 3.8) is 0 Å². The van der Waals surface area contributed by atoms with Crippen molar-refractivity contribution in [2.75, 3.05) is 31.6 Å². The van der Waals surface area contributed by atoms with Crippen molar-refractivity contribution >= 4 is 5.82 Å². The van der Waals surface area contributed by atoms with Crippen molar-refractivity contribution in [2.24, 2.45) is 11.7 Å². The molecule has 0 amide bonds. The second-order valence-electron chi connectivity index (χ2n) is 6.46. The summed E-state index contributed by atoms with van der Waals surface area (Å²) in [4.78, 5) is 11.7.